The van der Waals surface area contributed by atoms with Gasteiger partial charge in [-0.05, 0) is 80.4 Å². The maximum atomic E-state index is 6.95. The van der Waals surface area contributed by atoms with Gasteiger partial charge < -0.3 is 4.42 Å². The van der Waals surface area contributed by atoms with Gasteiger partial charge in [-0.25, -0.2) is 4.98 Å². The molecule has 8 aromatic rings. The molecule has 0 N–H and O–H groups in total. The van der Waals surface area contributed by atoms with Crippen LogP contribution in [0.4, 0.5) is 0 Å². The number of furan rings is 1. The largest absolute Gasteiger partial charge is 0.455 e. The average molecular weight is 601 g/mol. The topological polar surface area (TPSA) is 31.0 Å². The Hall–Kier alpha value is -4.89. The molecule has 3 heteroatoms. The fraction of sp³-hybridized carbons (Fsp3) is 0.233. The van der Waals surface area contributed by atoms with E-state index in [9.17, 15) is 0 Å². The Morgan fingerprint density at radius 2 is 1.22 bits per heavy atom. The van der Waals surface area contributed by atoms with Gasteiger partial charge in [-0.3, -0.25) is 4.57 Å². The minimum atomic E-state index is 0.0413. The Morgan fingerprint density at radius 1 is 0.609 bits per heavy atom. The molecule has 0 amide bonds. The molecule has 228 valence electrons. The van der Waals surface area contributed by atoms with Gasteiger partial charge in [-0.2, -0.15) is 0 Å². The number of imidazole rings is 1. The second-order valence-corrected chi connectivity index (χ2v) is 14.4. The maximum absolute atomic E-state index is 6.95. The quantitative estimate of drug-likeness (QED) is 0.188. The lowest BCUT2D eigenvalue weighted by atomic mass is 9.81. The summed E-state index contributed by atoms with van der Waals surface area (Å²) in [7, 11) is 0. The van der Waals surface area contributed by atoms with Crippen molar-refractivity contribution in [2.75, 3.05) is 0 Å². The molecule has 0 aliphatic carbocycles. The third kappa shape index (κ3) is 4.29. The Labute approximate surface area is 270 Å². The molecule has 0 aliphatic rings. The molecular weight excluding hydrogens is 560 g/mol. The van der Waals surface area contributed by atoms with Gasteiger partial charge >= 0.3 is 0 Å². The minimum absolute atomic E-state index is 0.0413. The van der Waals surface area contributed by atoms with Crippen LogP contribution in [-0.4, -0.2) is 9.55 Å². The zero-order valence-electron chi connectivity index (χ0n) is 27.8. The predicted octanol–water partition coefficient (Wildman–Crippen LogP) is 12.4. The summed E-state index contributed by atoms with van der Waals surface area (Å²) >= 11 is 0. The maximum Gasteiger partial charge on any atom is 0.149 e. The van der Waals surface area contributed by atoms with Gasteiger partial charge in [0.2, 0.25) is 0 Å². The highest BCUT2D eigenvalue weighted by atomic mass is 16.3. The molecule has 46 heavy (non-hydrogen) atoms. The fourth-order valence-corrected chi connectivity index (χ4v) is 7.20. The van der Waals surface area contributed by atoms with Crippen molar-refractivity contribution >= 4 is 54.5 Å². The van der Waals surface area contributed by atoms with Crippen LogP contribution >= 0.6 is 0 Å². The second-order valence-electron chi connectivity index (χ2n) is 14.4. The van der Waals surface area contributed by atoms with Crippen molar-refractivity contribution in [1.29, 1.82) is 0 Å². The number of rotatable bonds is 4. The lowest BCUT2D eigenvalue weighted by Crippen LogP contribution is -2.16. The third-order valence-corrected chi connectivity index (χ3v) is 9.69. The van der Waals surface area contributed by atoms with Gasteiger partial charge in [-0.1, -0.05) is 121 Å². The van der Waals surface area contributed by atoms with Crippen LogP contribution in [0, 0.1) is 0 Å². The molecule has 8 rings (SSSR count). The van der Waals surface area contributed by atoms with E-state index in [1.165, 1.54) is 38.5 Å². The highest BCUT2D eigenvalue weighted by Crippen LogP contribution is 2.44. The predicted molar refractivity (Wildman–Crippen MR) is 196 cm³/mol. The number of nitrogens with zero attached hydrogens (tertiary/aromatic N) is 2. The number of hydrogen-bond acceptors (Lipinski definition) is 2. The molecule has 2 aromatic heterocycles. The Bertz CT molecular complexity index is 2430. The molecule has 2 heterocycles. The van der Waals surface area contributed by atoms with E-state index >= 15 is 0 Å². The monoisotopic (exact) mass is 600 g/mol. The normalized spacial score (nSPS) is 12.6. The number of para-hydroxylation sites is 3. The first-order valence-corrected chi connectivity index (χ1v) is 16.5. The van der Waals surface area contributed by atoms with E-state index in [2.05, 4.69) is 156 Å². The Kier molecular flexibility index (Phi) is 6.41. The molecule has 0 bridgehead atoms. The summed E-state index contributed by atoms with van der Waals surface area (Å²) in [5, 5.41) is 7.05. The van der Waals surface area contributed by atoms with Crippen molar-refractivity contribution in [3.8, 4) is 17.1 Å². The number of hydrogen-bond donors (Lipinski definition) is 0. The molecule has 0 unspecified atom stereocenters. The van der Waals surface area contributed by atoms with Gasteiger partial charge in [0.05, 0.1) is 22.3 Å². The number of fused-ring (bicyclic) bond motifs is 8. The smallest absolute Gasteiger partial charge is 0.149 e. The van der Waals surface area contributed by atoms with Crippen molar-refractivity contribution in [3.63, 3.8) is 0 Å². The Balaban J connectivity index is 1.48. The van der Waals surface area contributed by atoms with Crippen LogP contribution < -0.4 is 0 Å². The third-order valence-electron chi connectivity index (χ3n) is 9.69. The molecule has 0 saturated heterocycles. The molecule has 0 atom stereocenters. The van der Waals surface area contributed by atoms with E-state index < -0.39 is 0 Å². The zero-order valence-corrected chi connectivity index (χ0v) is 27.8. The van der Waals surface area contributed by atoms with Crippen LogP contribution in [0.5, 0.6) is 0 Å². The molecule has 0 radical (unpaired) electrons. The summed E-state index contributed by atoms with van der Waals surface area (Å²) in [6, 6.07) is 37.4. The van der Waals surface area contributed by atoms with Crippen molar-refractivity contribution in [2.24, 2.45) is 0 Å². The van der Waals surface area contributed by atoms with Gasteiger partial charge in [0.1, 0.15) is 17.0 Å². The highest BCUT2D eigenvalue weighted by molar-refractivity contribution is 6.21. The van der Waals surface area contributed by atoms with Crippen LogP contribution in [0.25, 0.3) is 71.6 Å². The standard InChI is InChI=1S/C43H40N2O/c1-25(2)35-23-28(43(5,6)7)24-36(26(3)4)39(35)45-38-18-11-10-17-37(38)44-42(45)34-16-12-15-31-33-22-21-30-29-14-9-8-13-27(29)19-20-32(30)40(33)46-41(31)34/h8-26H,1-7H3. The number of benzene rings is 6. The first-order chi connectivity index (χ1) is 22.1. The van der Waals surface area contributed by atoms with E-state index in [0.717, 1.165) is 49.7 Å². The molecule has 0 aliphatic heterocycles. The van der Waals surface area contributed by atoms with Crippen LogP contribution in [-0.2, 0) is 5.41 Å². The summed E-state index contributed by atoms with van der Waals surface area (Å²) in [5.74, 6) is 1.56. The van der Waals surface area contributed by atoms with Crippen LogP contribution in [0.15, 0.2) is 108 Å². The summed E-state index contributed by atoms with van der Waals surface area (Å²) in [5.41, 5.74) is 10.2. The summed E-state index contributed by atoms with van der Waals surface area (Å²) < 4.78 is 9.37. The van der Waals surface area contributed by atoms with Crippen LogP contribution in [0.3, 0.4) is 0 Å². The van der Waals surface area contributed by atoms with E-state index in [1.54, 1.807) is 0 Å². The fourth-order valence-electron chi connectivity index (χ4n) is 7.20. The summed E-state index contributed by atoms with van der Waals surface area (Å²) in [6.45, 7) is 16.2. The van der Waals surface area contributed by atoms with E-state index in [1.807, 2.05) is 0 Å². The molecular formula is C43H40N2O. The molecule has 0 spiro atoms. The van der Waals surface area contributed by atoms with E-state index in [4.69, 9.17) is 9.40 Å². The SMILES string of the molecule is CC(C)c1cc(C(C)(C)C)cc(C(C)C)c1-n1c(-c2cccc3c2oc2c3ccc3c4ccccc4ccc32)nc2ccccc21. The average Bonchev–Trinajstić information content (AvgIpc) is 3.62. The zero-order chi connectivity index (χ0) is 31.9. The molecule has 3 nitrogen and oxygen atoms in total. The highest BCUT2D eigenvalue weighted by Gasteiger charge is 2.27. The molecule has 0 saturated carbocycles. The van der Waals surface area contributed by atoms with Gasteiger partial charge in [-0.15, -0.1) is 0 Å². The van der Waals surface area contributed by atoms with Crippen molar-refractivity contribution in [3.05, 3.63) is 120 Å². The molecule has 0 fully saturated rings. The first kappa shape index (κ1) is 28.6. The van der Waals surface area contributed by atoms with Crippen molar-refractivity contribution in [2.45, 2.75) is 65.7 Å². The summed E-state index contributed by atoms with van der Waals surface area (Å²) in [6.07, 6.45) is 0. The molecule has 6 aromatic carbocycles. The first-order valence-electron chi connectivity index (χ1n) is 16.5. The lowest BCUT2D eigenvalue weighted by Gasteiger charge is -2.28. The van der Waals surface area contributed by atoms with Gasteiger partial charge in [0, 0.05) is 16.2 Å². The van der Waals surface area contributed by atoms with E-state index in [-0.39, 0.29) is 5.41 Å². The van der Waals surface area contributed by atoms with Crippen molar-refractivity contribution < 1.29 is 4.42 Å². The van der Waals surface area contributed by atoms with E-state index in [0.29, 0.717) is 11.8 Å². The van der Waals surface area contributed by atoms with Gasteiger partial charge in [0.15, 0.2) is 0 Å². The minimum Gasteiger partial charge on any atom is -0.455 e. The van der Waals surface area contributed by atoms with Gasteiger partial charge in [0.25, 0.3) is 0 Å². The van der Waals surface area contributed by atoms with Crippen LogP contribution in [0.2, 0.25) is 0 Å². The summed E-state index contributed by atoms with van der Waals surface area (Å²) in [4.78, 5) is 5.36. The van der Waals surface area contributed by atoms with Crippen molar-refractivity contribution in [1.82, 2.24) is 9.55 Å². The second kappa shape index (κ2) is 10.3. The van der Waals surface area contributed by atoms with Crippen LogP contribution in [0.1, 0.15) is 77.0 Å². The Morgan fingerprint density at radius 3 is 1.96 bits per heavy atom. The number of aromatic nitrogens is 2. The lowest BCUT2D eigenvalue weighted by molar-refractivity contribution is 0.586.